The van der Waals surface area contributed by atoms with Crippen molar-refractivity contribution in [2.75, 3.05) is 23.7 Å². The molecule has 0 aromatic carbocycles. The van der Waals surface area contributed by atoms with Gasteiger partial charge in [-0.15, -0.1) is 0 Å². The summed E-state index contributed by atoms with van der Waals surface area (Å²) in [6, 6.07) is 0. The van der Waals surface area contributed by atoms with E-state index in [4.69, 9.17) is 5.73 Å². The predicted molar refractivity (Wildman–Crippen MR) is 78.1 cm³/mol. The fraction of sp³-hybridized carbons (Fsp3) is 0.692. The van der Waals surface area contributed by atoms with Crippen LogP contribution in [0.15, 0.2) is 9.59 Å². The van der Waals surface area contributed by atoms with Crippen molar-refractivity contribution in [2.24, 2.45) is 7.05 Å². The number of hydrogen-bond donors (Lipinski definition) is 2. The van der Waals surface area contributed by atoms with Crippen LogP contribution in [0.5, 0.6) is 0 Å². The van der Waals surface area contributed by atoms with E-state index in [0.29, 0.717) is 31.7 Å². The average Bonchev–Trinajstić information content (AvgIpc) is 2.72. The molecule has 112 valence electrons. The van der Waals surface area contributed by atoms with Gasteiger partial charge in [-0.1, -0.05) is 6.92 Å². The van der Waals surface area contributed by atoms with Crippen molar-refractivity contribution in [3.05, 3.63) is 20.8 Å². The molecule has 1 aliphatic heterocycles. The van der Waals surface area contributed by atoms with E-state index in [1.54, 1.807) is 11.8 Å². The highest BCUT2D eigenvalue weighted by Gasteiger charge is 2.34. The number of anilines is 2. The Morgan fingerprint density at radius 1 is 1.40 bits per heavy atom. The molecule has 1 unspecified atom stereocenters. The van der Waals surface area contributed by atoms with Gasteiger partial charge in [-0.2, -0.15) is 0 Å². The fourth-order valence-corrected chi connectivity index (χ4v) is 2.64. The molecule has 1 fully saturated rings. The molecule has 3 N–H and O–H groups in total. The van der Waals surface area contributed by atoms with Gasteiger partial charge in [-0.25, -0.2) is 4.79 Å². The standard InChI is InChI=1S/C13H22N4O3/c1-4-6-17-10(14)9(11(18)15(3)12(17)19)16-7-5-13(2,20)8-16/h20H,4-8,14H2,1-3H3. The molecule has 1 aromatic rings. The summed E-state index contributed by atoms with van der Waals surface area (Å²) in [5.74, 6) is 0.192. The molecule has 0 radical (unpaired) electrons. The van der Waals surface area contributed by atoms with Crippen molar-refractivity contribution >= 4 is 11.5 Å². The minimum atomic E-state index is -0.830. The Balaban J connectivity index is 2.59. The van der Waals surface area contributed by atoms with Gasteiger partial charge in [0, 0.05) is 26.7 Å². The third-order valence-corrected chi connectivity index (χ3v) is 3.77. The van der Waals surface area contributed by atoms with Gasteiger partial charge in [-0.3, -0.25) is 13.9 Å². The first-order chi connectivity index (χ1) is 9.28. The molecule has 2 rings (SSSR count). The van der Waals surface area contributed by atoms with Gasteiger partial charge >= 0.3 is 5.69 Å². The first-order valence-corrected chi connectivity index (χ1v) is 6.85. The number of nitrogens with two attached hydrogens (primary N) is 1. The molecular weight excluding hydrogens is 260 g/mol. The Kier molecular flexibility index (Phi) is 3.64. The Morgan fingerprint density at radius 2 is 2.05 bits per heavy atom. The summed E-state index contributed by atoms with van der Waals surface area (Å²) in [6.45, 7) is 5.04. The second kappa shape index (κ2) is 4.97. The number of nitrogen functional groups attached to an aromatic ring is 1. The van der Waals surface area contributed by atoms with Crippen molar-refractivity contribution in [3.8, 4) is 0 Å². The highest BCUT2D eigenvalue weighted by molar-refractivity contribution is 5.63. The third kappa shape index (κ3) is 2.33. The lowest BCUT2D eigenvalue weighted by Crippen LogP contribution is -2.43. The van der Waals surface area contributed by atoms with Gasteiger partial charge in [0.25, 0.3) is 5.56 Å². The van der Waals surface area contributed by atoms with Crippen LogP contribution in [0.4, 0.5) is 11.5 Å². The summed E-state index contributed by atoms with van der Waals surface area (Å²) in [5.41, 5.74) is 4.72. The Hall–Kier alpha value is -1.76. The lowest BCUT2D eigenvalue weighted by Gasteiger charge is -2.23. The maximum Gasteiger partial charge on any atom is 0.332 e. The molecule has 7 heteroatoms. The van der Waals surface area contributed by atoms with Crippen LogP contribution in [0.1, 0.15) is 26.7 Å². The molecule has 0 aliphatic carbocycles. The largest absolute Gasteiger partial charge is 0.388 e. The Bertz CT molecular complexity index is 630. The van der Waals surface area contributed by atoms with E-state index in [-0.39, 0.29) is 5.82 Å². The summed E-state index contributed by atoms with van der Waals surface area (Å²) in [4.78, 5) is 26.2. The van der Waals surface area contributed by atoms with E-state index >= 15 is 0 Å². The molecule has 20 heavy (non-hydrogen) atoms. The summed E-state index contributed by atoms with van der Waals surface area (Å²) < 4.78 is 2.50. The second-order valence-corrected chi connectivity index (χ2v) is 5.70. The number of rotatable bonds is 3. The van der Waals surface area contributed by atoms with Crippen molar-refractivity contribution < 1.29 is 5.11 Å². The quantitative estimate of drug-likeness (QED) is 0.779. The first-order valence-electron chi connectivity index (χ1n) is 6.85. The van der Waals surface area contributed by atoms with Gasteiger partial charge in [0.05, 0.1) is 5.60 Å². The van der Waals surface area contributed by atoms with Crippen LogP contribution >= 0.6 is 0 Å². The second-order valence-electron chi connectivity index (χ2n) is 5.70. The predicted octanol–water partition coefficient (Wildman–Crippen LogP) is -0.500. The molecule has 0 amide bonds. The van der Waals surface area contributed by atoms with Crippen LogP contribution < -0.4 is 21.9 Å². The zero-order valence-electron chi connectivity index (χ0n) is 12.2. The van der Waals surface area contributed by atoms with Crippen molar-refractivity contribution in [1.82, 2.24) is 9.13 Å². The lowest BCUT2D eigenvalue weighted by atomic mass is 10.1. The molecule has 0 spiro atoms. The van der Waals surface area contributed by atoms with E-state index in [9.17, 15) is 14.7 Å². The summed E-state index contributed by atoms with van der Waals surface area (Å²) in [6.07, 6.45) is 1.32. The molecule has 1 aliphatic rings. The van der Waals surface area contributed by atoms with Crippen molar-refractivity contribution in [2.45, 2.75) is 38.8 Å². The summed E-state index contributed by atoms with van der Waals surface area (Å²) in [7, 11) is 1.45. The van der Waals surface area contributed by atoms with Crippen LogP contribution in [0.25, 0.3) is 0 Å². The minimum absolute atomic E-state index is 0.192. The van der Waals surface area contributed by atoms with Crippen LogP contribution in [-0.4, -0.2) is 32.9 Å². The smallest absolute Gasteiger partial charge is 0.332 e. The Labute approximate surface area is 117 Å². The normalized spacial score (nSPS) is 22.5. The molecular formula is C13H22N4O3. The van der Waals surface area contributed by atoms with E-state index in [1.165, 1.54) is 11.6 Å². The SMILES string of the molecule is CCCn1c(N)c(N2CCC(C)(O)C2)c(=O)n(C)c1=O. The van der Waals surface area contributed by atoms with Gasteiger partial charge in [0.2, 0.25) is 0 Å². The number of hydrogen-bond acceptors (Lipinski definition) is 5. The molecule has 1 atom stereocenters. The third-order valence-electron chi connectivity index (χ3n) is 3.77. The molecule has 0 bridgehead atoms. The van der Waals surface area contributed by atoms with Crippen molar-refractivity contribution in [3.63, 3.8) is 0 Å². The minimum Gasteiger partial charge on any atom is -0.388 e. The van der Waals surface area contributed by atoms with Crippen LogP contribution in [-0.2, 0) is 13.6 Å². The number of nitrogens with zero attached hydrogens (tertiary/aromatic N) is 3. The highest BCUT2D eigenvalue weighted by Crippen LogP contribution is 2.27. The lowest BCUT2D eigenvalue weighted by molar-refractivity contribution is 0.0839. The van der Waals surface area contributed by atoms with Crippen molar-refractivity contribution in [1.29, 1.82) is 0 Å². The van der Waals surface area contributed by atoms with Gasteiger partial charge in [0.1, 0.15) is 11.5 Å². The molecule has 1 aromatic heterocycles. The molecule has 1 saturated heterocycles. The maximum atomic E-state index is 12.3. The van der Waals surface area contributed by atoms with Gasteiger partial charge in [-0.05, 0) is 19.8 Å². The van der Waals surface area contributed by atoms with E-state index in [2.05, 4.69) is 0 Å². The molecule has 2 heterocycles. The molecule has 0 saturated carbocycles. The Morgan fingerprint density at radius 3 is 2.55 bits per heavy atom. The van der Waals surface area contributed by atoms with Gasteiger partial charge < -0.3 is 15.7 Å². The van der Waals surface area contributed by atoms with Gasteiger partial charge in [0.15, 0.2) is 0 Å². The average molecular weight is 282 g/mol. The number of β-amino-alcohol motifs (C(OH)–C–C–N with tert-alkyl or cyclic N) is 1. The zero-order valence-corrected chi connectivity index (χ0v) is 12.2. The zero-order chi connectivity index (χ0) is 15.1. The number of aromatic nitrogens is 2. The molecule has 7 nitrogen and oxygen atoms in total. The maximum absolute atomic E-state index is 12.3. The highest BCUT2D eigenvalue weighted by atomic mass is 16.3. The number of aliphatic hydroxyl groups is 1. The van der Waals surface area contributed by atoms with Crippen LogP contribution in [0, 0.1) is 0 Å². The van der Waals surface area contributed by atoms with E-state index in [0.717, 1.165) is 11.0 Å². The fourth-order valence-electron chi connectivity index (χ4n) is 2.64. The summed E-state index contributed by atoms with van der Waals surface area (Å²) >= 11 is 0. The first kappa shape index (κ1) is 14.6. The van der Waals surface area contributed by atoms with E-state index < -0.39 is 16.9 Å². The summed E-state index contributed by atoms with van der Waals surface area (Å²) in [5, 5.41) is 10.0. The van der Waals surface area contributed by atoms with E-state index in [1.807, 2.05) is 6.92 Å². The van der Waals surface area contributed by atoms with Crippen LogP contribution in [0.3, 0.4) is 0 Å². The topological polar surface area (TPSA) is 93.5 Å². The monoisotopic (exact) mass is 282 g/mol. The van der Waals surface area contributed by atoms with Crippen LogP contribution in [0.2, 0.25) is 0 Å².